The highest BCUT2D eigenvalue weighted by Crippen LogP contribution is 2.25. The van der Waals surface area contributed by atoms with Gasteiger partial charge in [-0.05, 0) is 29.3 Å². The molecule has 0 spiro atoms. The van der Waals surface area contributed by atoms with Crippen LogP contribution < -0.4 is 10.1 Å². The molecule has 0 unspecified atom stereocenters. The Hall–Kier alpha value is -2.23. The highest BCUT2D eigenvalue weighted by atomic mass is 16.5. The third-order valence-electron chi connectivity index (χ3n) is 2.95. The maximum atomic E-state index is 11.7. The Morgan fingerprint density at radius 3 is 3.11 bits per heavy atom. The van der Waals surface area contributed by atoms with Crippen molar-refractivity contribution in [3.63, 3.8) is 0 Å². The molecule has 0 aliphatic carbocycles. The van der Waals surface area contributed by atoms with E-state index in [2.05, 4.69) is 11.4 Å². The summed E-state index contributed by atoms with van der Waals surface area (Å²) in [6.45, 7) is 1.24. The number of amides is 1. The molecule has 4 heteroatoms. The van der Waals surface area contributed by atoms with Gasteiger partial charge in [-0.1, -0.05) is 12.1 Å². The van der Waals surface area contributed by atoms with E-state index in [1.165, 1.54) is 11.8 Å². The third-order valence-corrected chi connectivity index (χ3v) is 2.95. The number of carbonyl (C=O) groups is 1. The summed E-state index contributed by atoms with van der Waals surface area (Å²) >= 11 is 0. The van der Waals surface area contributed by atoms with Crippen molar-refractivity contribution in [3.8, 4) is 5.75 Å². The summed E-state index contributed by atoms with van der Waals surface area (Å²) in [6.07, 6.45) is 2.43. The molecule has 0 radical (unpaired) electrons. The number of furan rings is 1. The maximum Gasteiger partial charge on any atom is 0.287 e. The second-order valence-corrected chi connectivity index (χ2v) is 4.20. The molecule has 1 amide bonds. The lowest BCUT2D eigenvalue weighted by atomic mass is 10.1. The zero-order valence-corrected chi connectivity index (χ0v) is 9.81. The summed E-state index contributed by atoms with van der Waals surface area (Å²) < 4.78 is 10.5. The summed E-state index contributed by atoms with van der Waals surface area (Å²) in [7, 11) is 0. The van der Waals surface area contributed by atoms with Crippen LogP contribution in [0.1, 0.15) is 21.7 Å². The average molecular weight is 243 g/mol. The molecule has 0 saturated heterocycles. The fraction of sp³-hybridized carbons (Fsp3) is 0.214. The first kappa shape index (κ1) is 10.9. The molecule has 0 atom stereocenters. The Morgan fingerprint density at radius 2 is 2.28 bits per heavy atom. The van der Waals surface area contributed by atoms with Crippen molar-refractivity contribution in [3.05, 3.63) is 53.5 Å². The zero-order chi connectivity index (χ0) is 12.4. The van der Waals surface area contributed by atoms with Gasteiger partial charge in [0.25, 0.3) is 5.91 Å². The number of hydrogen-bond donors (Lipinski definition) is 1. The number of ether oxygens (including phenoxy) is 1. The predicted molar refractivity (Wildman–Crippen MR) is 65.5 cm³/mol. The fourth-order valence-electron chi connectivity index (χ4n) is 2.03. The van der Waals surface area contributed by atoms with Gasteiger partial charge in [0.2, 0.25) is 0 Å². The maximum absolute atomic E-state index is 11.7. The minimum Gasteiger partial charge on any atom is -0.493 e. The van der Waals surface area contributed by atoms with Gasteiger partial charge in [-0.2, -0.15) is 0 Å². The molecule has 2 heterocycles. The molecule has 4 nitrogen and oxygen atoms in total. The SMILES string of the molecule is O=C(NCc1ccc2c(c1)CCO2)c1ccco1. The summed E-state index contributed by atoms with van der Waals surface area (Å²) in [5, 5.41) is 2.82. The average Bonchev–Trinajstić information content (AvgIpc) is 3.05. The van der Waals surface area contributed by atoms with Crippen molar-refractivity contribution in [1.82, 2.24) is 5.32 Å². The van der Waals surface area contributed by atoms with Crippen molar-refractivity contribution in [2.45, 2.75) is 13.0 Å². The lowest BCUT2D eigenvalue weighted by Crippen LogP contribution is -2.22. The van der Waals surface area contributed by atoms with Crippen LogP contribution in [0.5, 0.6) is 5.75 Å². The Morgan fingerprint density at radius 1 is 1.33 bits per heavy atom. The number of hydrogen-bond acceptors (Lipinski definition) is 3. The van der Waals surface area contributed by atoms with Crippen LogP contribution in [0.4, 0.5) is 0 Å². The number of rotatable bonds is 3. The van der Waals surface area contributed by atoms with Crippen molar-refractivity contribution in [1.29, 1.82) is 0 Å². The van der Waals surface area contributed by atoms with Gasteiger partial charge in [0.1, 0.15) is 5.75 Å². The van der Waals surface area contributed by atoms with E-state index in [1.54, 1.807) is 12.1 Å². The molecular weight excluding hydrogens is 230 g/mol. The normalized spacial score (nSPS) is 12.9. The molecule has 1 aromatic heterocycles. The fourth-order valence-corrected chi connectivity index (χ4v) is 2.03. The minimum absolute atomic E-state index is 0.197. The number of carbonyl (C=O) groups excluding carboxylic acids is 1. The van der Waals surface area contributed by atoms with E-state index in [9.17, 15) is 4.79 Å². The second kappa shape index (κ2) is 4.56. The highest BCUT2D eigenvalue weighted by Gasteiger charge is 2.13. The number of nitrogens with one attached hydrogen (secondary N) is 1. The molecule has 0 bridgehead atoms. The Balaban J connectivity index is 1.65. The van der Waals surface area contributed by atoms with Gasteiger partial charge in [-0.3, -0.25) is 4.79 Å². The van der Waals surface area contributed by atoms with Crippen LogP contribution in [0.15, 0.2) is 41.0 Å². The van der Waals surface area contributed by atoms with E-state index < -0.39 is 0 Å². The molecule has 92 valence electrons. The quantitative estimate of drug-likeness (QED) is 0.898. The number of fused-ring (bicyclic) bond motifs is 1. The van der Waals surface area contributed by atoms with Crippen LogP contribution in [0, 0.1) is 0 Å². The van der Waals surface area contributed by atoms with Crippen molar-refractivity contribution in [2.24, 2.45) is 0 Å². The molecule has 2 aromatic rings. The van der Waals surface area contributed by atoms with Gasteiger partial charge in [0.15, 0.2) is 5.76 Å². The van der Waals surface area contributed by atoms with E-state index in [0.717, 1.165) is 24.3 Å². The van der Waals surface area contributed by atoms with Crippen LogP contribution >= 0.6 is 0 Å². The van der Waals surface area contributed by atoms with Gasteiger partial charge in [0, 0.05) is 13.0 Å². The van der Waals surface area contributed by atoms with Crippen LogP contribution in [0.25, 0.3) is 0 Å². The van der Waals surface area contributed by atoms with Gasteiger partial charge in [-0.25, -0.2) is 0 Å². The van der Waals surface area contributed by atoms with E-state index in [4.69, 9.17) is 9.15 Å². The van der Waals surface area contributed by atoms with Crippen LogP contribution in [0.2, 0.25) is 0 Å². The Bertz CT molecular complexity index is 560. The predicted octanol–water partition coefficient (Wildman–Crippen LogP) is 2.14. The van der Waals surface area contributed by atoms with Crippen LogP contribution in [-0.4, -0.2) is 12.5 Å². The lowest BCUT2D eigenvalue weighted by molar-refractivity contribution is 0.0923. The zero-order valence-electron chi connectivity index (χ0n) is 9.81. The Labute approximate surface area is 105 Å². The summed E-state index contributed by atoms with van der Waals surface area (Å²) in [5.74, 6) is 1.09. The van der Waals surface area contributed by atoms with Gasteiger partial charge in [0.05, 0.1) is 12.9 Å². The molecule has 18 heavy (non-hydrogen) atoms. The van der Waals surface area contributed by atoms with Crippen LogP contribution in [-0.2, 0) is 13.0 Å². The standard InChI is InChI=1S/C14H13NO3/c16-14(13-2-1-6-17-13)15-9-10-3-4-12-11(8-10)5-7-18-12/h1-4,6,8H,5,7,9H2,(H,15,16). The summed E-state index contributed by atoms with van der Waals surface area (Å²) in [4.78, 5) is 11.7. The van der Waals surface area contributed by atoms with Gasteiger partial charge in [-0.15, -0.1) is 0 Å². The van der Waals surface area contributed by atoms with Crippen molar-refractivity contribution < 1.29 is 13.9 Å². The molecule has 1 N–H and O–H groups in total. The van der Waals surface area contributed by atoms with E-state index in [0.29, 0.717) is 12.3 Å². The first-order chi connectivity index (χ1) is 8.83. The van der Waals surface area contributed by atoms with E-state index in [-0.39, 0.29) is 5.91 Å². The first-order valence-electron chi connectivity index (χ1n) is 5.89. The molecule has 1 aromatic carbocycles. The highest BCUT2D eigenvalue weighted by molar-refractivity contribution is 5.91. The molecular formula is C14H13NO3. The van der Waals surface area contributed by atoms with E-state index in [1.807, 2.05) is 12.1 Å². The first-order valence-corrected chi connectivity index (χ1v) is 5.89. The third kappa shape index (κ3) is 2.09. The van der Waals surface area contributed by atoms with Gasteiger partial charge < -0.3 is 14.5 Å². The van der Waals surface area contributed by atoms with Crippen molar-refractivity contribution >= 4 is 5.91 Å². The van der Waals surface area contributed by atoms with E-state index >= 15 is 0 Å². The minimum atomic E-state index is -0.197. The second-order valence-electron chi connectivity index (χ2n) is 4.20. The Kier molecular flexibility index (Phi) is 2.76. The van der Waals surface area contributed by atoms with Gasteiger partial charge >= 0.3 is 0 Å². The molecule has 1 aliphatic rings. The summed E-state index contributed by atoms with van der Waals surface area (Å²) in [5.41, 5.74) is 2.28. The van der Waals surface area contributed by atoms with Crippen LogP contribution in [0.3, 0.4) is 0 Å². The monoisotopic (exact) mass is 243 g/mol. The van der Waals surface area contributed by atoms with Crippen molar-refractivity contribution in [2.75, 3.05) is 6.61 Å². The topological polar surface area (TPSA) is 51.5 Å². The molecule has 1 aliphatic heterocycles. The summed E-state index contributed by atoms with van der Waals surface area (Å²) in [6, 6.07) is 9.33. The largest absolute Gasteiger partial charge is 0.493 e. The number of benzene rings is 1. The molecule has 0 saturated carbocycles. The molecule has 3 rings (SSSR count). The molecule has 0 fully saturated rings. The smallest absolute Gasteiger partial charge is 0.287 e. The lowest BCUT2D eigenvalue weighted by Gasteiger charge is -2.05.